The van der Waals surface area contributed by atoms with Crippen LogP contribution in [0.2, 0.25) is 0 Å². The van der Waals surface area contributed by atoms with Gasteiger partial charge in [0.05, 0.1) is 18.0 Å². The van der Waals surface area contributed by atoms with Crippen molar-refractivity contribution in [1.82, 2.24) is 0 Å². The van der Waals surface area contributed by atoms with Gasteiger partial charge < -0.3 is 9.47 Å². The highest BCUT2D eigenvalue weighted by molar-refractivity contribution is 5.76. The van der Waals surface area contributed by atoms with Crippen LogP contribution in [-0.4, -0.2) is 18.0 Å². The molecule has 1 aromatic carbocycles. The van der Waals surface area contributed by atoms with Crippen LogP contribution in [-0.2, 0) is 4.79 Å². The second-order valence-corrected chi connectivity index (χ2v) is 4.12. The molecular weight excluding hydrogens is 238 g/mol. The highest BCUT2D eigenvalue weighted by Crippen LogP contribution is 2.34. The molecule has 0 aliphatic carbocycles. The van der Waals surface area contributed by atoms with Crippen molar-refractivity contribution in [2.75, 3.05) is 7.11 Å². The molecule has 18 heavy (non-hydrogen) atoms. The van der Waals surface area contributed by atoms with Crippen LogP contribution in [0, 0.1) is 23.0 Å². The topological polar surface area (TPSA) is 78.7 Å². The maximum absolute atomic E-state index is 11.5. The van der Waals surface area contributed by atoms with Crippen molar-refractivity contribution in [3.05, 3.63) is 27.8 Å². The van der Waals surface area contributed by atoms with E-state index in [0.29, 0.717) is 11.3 Å². The number of aryl methyl sites for hydroxylation is 1. The van der Waals surface area contributed by atoms with Gasteiger partial charge in [0.1, 0.15) is 5.75 Å². The predicted octanol–water partition coefficient (Wildman–Crippen LogP) is 2.47. The van der Waals surface area contributed by atoms with E-state index in [9.17, 15) is 14.9 Å². The number of methoxy groups -OCH3 is 1. The fraction of sp³-hybridized carbons (Fsp3) is 0.417. The van der Waals surface area contributed by atoms with Crippen molar-refractivity contribution in [3.8, 4) is 11.5 Å². The van der Waals surface area contributed by atoms with Crippen molar-refractivity contribution in [2.45, 2.75) is 20.8 Å². The average molecular weight is 253 g/mol. The minimum atomic E-state index is -0.588. The second kappa shape index (κ2) is 5.48. The molecule has 0 aromatic heterocycles. The molecule has 0 N–H and O–H groups in total. The molecular formula is C12H15NO5. The molecule has 1 aromatic rings. The summed E-state index contributed by atoms with van der Waals surface area (Å²) in [5.74, 6) is -0.547. The highest BCUT2D eigenvalue weighted by atomic mass is 16.6. The van der Waals surface area contributed by atoms with Crippen LogP contribution in [0.15, 0.2) is 12.1 Å². The molecule has 6 nitrogen and oxygen atoms in total. The zero-order chi connectivity index (χ0) is 13.9. The van der Waals surface area contributed by atoms with Gasteiger partial charge in [-0.15, -0.1) is 0 Å². The molecule has 0 amide bonds. The maximum Gasteiger partial charge on any atom is 0.314 e. The van der Waals surface area contributed by atoms with Crippen molar-refractivity contribution >= 4 is 11.7 Å². The molecule has 0 atom stereocenters. The second-order valence-electron chi connectivity index (χ2n) is 4.12. The number of ether oxygens (including phenoxy) is 2. The van der Waals surface area contributed by atoms with Crippen molar-refractivity contribution in [2.24, 2.45) is 5.92 Å². The third-order valence-electron chi connectivity index (χ3n) is 2.36. The van der Waals surface area contributed by atoms with E-state index in [4.69, 9.17) is 9.47 Å². The summed E-state index contributed by atoms with van der Waals surface area (Å²) < 4.78 is 10.1. The van der Waals surface area contributed by atoms with E-state index < -0.39 is 10.9 Å². The van der Waals surface area contributed by atoms with Crippen LogP contribution in [0.5, 0.6) is 11.5 Å². The number of carbonyl (C=O) groups excluding carboxylic acids is 1. The standard InChI is InChI=1S/C12H15NO5/c1-7(2)12(14)18-11-6-10(17-4)8(3)5-9(11)13(15)16/h5-7H,1-4H3. The van der Waals surface area contributed by atoms with Gasteiger partial charge in [0.2, 0.25) is 5.75 Å². The van der Waals surface area contributed by atoms with Crippen LogP contribution in [0.3, 0.4) is 0 Å². The molecule has 0 saturated heterocycles. The summed E-state index contributed by atoms with van der Waals surface area (Å²) in [6, 6.07) is 2.68. The molecule has 0 unspecified atom stereocenters. The first-order valence-electron chi connectivity index (χ1n) is 5.41. The Balaban J connectivity index is 3.22. The van der Waals surface area contributed by atoms with E-state index in [0.717, 1.165) is 0 Å². The van der Waals surface area contributed by atoms with Crippen molar-refractivity contribution in [3.63, 3.8) is 0 Å². The Morgan fingerprint density at radius 2 is 1.94 bits per heavy atom. The third-order valence-corrected chi connectivity index (χ3v) is 2.36. The zero-order valence-corrected chi connectivity index (χ0v) is 10.7. The smallest absolute Gasteiger partial charge is 0.314 e. The minimum absolute atomic E-state index is 0.0962. The number of rotatable bonds is 4. The highest BCUT2D eigenvalue weighted by Gasteiger charge is 2.22. The Bertz CT molecular complexity index is 482. The zero-order valence-electron chi connectivity index (χ0n) is 10.7. The van der Waals surface area contributed by atoms with Gasteiger partial charge >= 0.3 is 11.7 Å². The first-order valence-corrected chi connectivity index (χ1v) is 5.41. The monoisotopic (exact) mass is 253 g/mol. The lowest BCUT2D eigenvalue weighted by atomic mass is 10.2. The quantitative estimate of drug-likeness (QED) is 0.356. The van der Waals surface area contributed by atoms with E-state index in [1.165, 1.54) is 19.2 Å². The number of nitro benzene ring substituents is 1. The first-order chi connectivity index (χ1) is 8.36. The van der Waals surface area contributed by atoms with Gasteiger partial charge in [-0.05, 0) is 12.5 Å². The van der Waals surface area contributed by atoms with Crippen molar-refractivity contribution in [1.29, 1.82) is 0 Å². The number of esters is 1. The molecule has 0 spiro atoms. The van der Waals surface area contributed by atoms with E-state index in [1.54, 1.807) is 20.8 Å². The summed E-state index contributed by atoms with van der Waals surface area (Å²) in [6.07, 6.45) is 0. The summed E-state index contributed by atoms with van der Waals surface area (Å²) >= 11 is 0. The van der Waals surface area contributed by atoms with Gasteiger partial charge in [0, 0.05) is 12.1 Å². The average Bonchev–Trinajstić information content (AvgIpc) is 2.30. The molecule has 0 fully saturated rings. The SMILES string of the molecule is COc1cc(OC(=O)C(C)C)c([N+](=O)[O-])cc1C. The Kier molecular flexibility index (Phi) is 4.25. The van der Waals surface area contributed by atoms with E-state index in [2.05, 4.69) is 0 Å². The number of benzene rings is 1. The molecule has 98 valence electrons. The maximum atomic E-state index is 11.5. The Hall–Kier alpha value is -2.11. The summed E-state index contributed by atoms with van der Waals surface area (Å²) in [4.78, 5) is 21.8. The number of carbonyl (C=O) groups is 1. The number of hydrogen-bond acceptors (Lipinski definition) is 5. The van der Waals surface area contributed by atoms with E-state index >= 15 is 0 Å². The normalized spacial score (nSPS) is 10.3. The van der Waals surface area contributed by atoms with Gasteiger partial charge in [0.25, 0.3) is 0 Å². The summed E-state index contributed by atoms with van der Waals surface area (Å²) in [7, 11) is 1.45. The van der Waals surface area contributed by atoms with Gasteiger partial charge in [-0.2, -0.15) is 0 Å². The van der Waals surface area contributed by atoms with Crippen LogP contribution in [0.4, 0.5) is 5.69 Å². The predicted molar refractivity (Wildman–Crippen MR) is 64.9 cm³/mol. The molecule has 1 rings (SSSR count). The lowest BCUT2D eigenvalue weighted by molar-refractivity contribution is -0.385. The number of hydrogen-bond donors (Lipinski definition) is 0. The summed E-state index contributed by atoms with van der Waals surface area (Å²) in [6.45, 7) is 4.99. The van der Waals surface area contributed by atoms with Gasteiger partial charge in [-0.25, -0.2) is 0 Å². The minimum Gasteiger partial charge on any atom is -0.496 e. The van der Waals surface area contributed by atoms with E-state index in [-0.39, 0.29) is 17.4 Å². The summed E-state index contributed by atoms with van der Waals surface area (Å²) in [5, 5.41) is 10.9. The van der Waals surface area contributed by atoms with Crippen LogP contribution in [0.25, 0.3) is 0 Å². The fourth-order valence-electron chi connectivity index (χ4n) is 1.32. The van der Waals surface area contributed by atoms with Gasteiger partial charge in [-0.3, -0.25) is 14.9 Å². The molecule has 0 radical (unpaired) electrons. The largest absolute Gasteiger partial charge is 0.496 e. The van der Waals surface area contributed by atoms with Crippen LogP contribution >= 0.6 is 0 Å². The van der Waals surface area contributed by atoms with Crippen LogP contribution < -0.4 is 9.47 Å². The van der Waals surface area contributed by atoms with Crippen molar-refractivity contribution < 1.29 is 19.2 Å². The molecule has 0 saturated carbocycles. The molecule has 6 heteroatoms. The fourth-order valence-corrected chi connectivity index (χ4v) is 1.32. The number of nitrogens with zero attached hydrogens (tertiary/aromatic N) is 1. The Morgan fingerprint density at radius 1 is 1.33 bits per heavy atom. The van der Waals surface area contributed by atoms with Crippen LogP contribution in [0.1, 0.15) is 19.4 Å². The third kappa shape index (κ3) is 2.97. The lowest BCUT2D eigenvalue weighted by Crippen LogP contribution is -2.15. The Labute approximate surface area is 105 Å². The number of nitro groups is 1. The lowest BCUT2D eigenvalue weighted by Gasteiger charge is -2.10. The first kappa shape index (κ1) is 14.0. The van der Waals surface area contributed by atoms with Gasteiger partial charge in [0.15, 0.2) is 0 Å². The molecule has 0 aliphatic rings. The Morgan fingerprint density at radius 3 is 2.39 bits per heavy atom. The molecule has 0 bridgehead atoms. The van der Waals surface area contributed by atoms with E-state index in [1.807, 2.05) is 0 Å². The van der Waals surface area contributed by atoms with Gasteiger partial charge in [-0.1, -0.05) is 13.8 Å². The molecule has 0 aliphatic heterocycles. The summed E-state index contributed by atoms with van der Waals surface area (Å²) in [5.41, 5.74) is 0.357. The molecule has 0 heterocycles.